The van der Waals surface area contributed by atoms with Crippen molar-refractivity contribution in [3.63, 3.8) is 0 Å². The highest BCUT2D eigenvalue weighted by molar-refractivity contribution is 5.76. The van der Waals surface area contributed by atoms with Gasteiger partial charge in [0, 0.05) is 31.7 Å². The molecule has 0 atom stereocenters. The molecule has 100 valence electrons. The minimum absolute atomic E-state index is 0.0939. The Hall–Kier alpha value is -1.55. The zero-order valence-electron chi connectivity index (χ0n) is 11.5. The number of carbonyl (C=O) groups excluding carboxylic acids is 1. The normalized spacial score (nSPS) is 10.4. The van der Waals surface area contributed by atoms with Crippen LogP contribution in [0.3, 0.4) is 0 Å². The van der Waals surface area contributed by atoms with E-state index in [0.717, 1.165) is 12.2 Å². The minimum Gasteiger partial charge on any atom is -0.385 e. The number of hydrogen-bond donors (Lipinski definition) is 2. The van der Waals surface area contributed by atoms with Crippen molar-refractivity contribution in [1.29, 1.82) is 0 Å². The van der Waals surface area contributed by atoms with Gasteiger partial charge in [-0.05, 0) is 33.2 Å². The molecule has 0 heterocycles. The van der Waals surface area contributed by atoms with Gasteiger partial charge in [0.15, 0.2) is 0 Å². The monoisotopic (exact) mass is 249 g/mol. The van der Waals surface area contributed by atoms with Crippen molar-refractivity contribution < 1.29 is 4.79 Å². The molecule has 0 aromatic heterocycles. The second kappa shape index (κ2) is 7.71. The molecule has 0 aliphatic heterocycles. The molecule has 1 aromatic rings. The van der Waals surface area contributed by atoms with E-state index in [1.54, 1.807) is 0 Å². The van der Waals surface area contributed by atoms with Gasteiger partial charge in [0.05, 0.1) is 0 Å². The van der Waals surface area contributed by atoms with Crippen LogP contribution < -0.4 is 10.6 Å². The zero-order chi connectivity index (χ0) is 13.4. The number of aryl methyl sites for hydroxylation is 1. The lowest BCUT2D eigenvalue weighted by Crippen LogP contribution is -2.32. The Labute approximate surface area is 109 Å². The molecule has 0 aliphatic rings. The van der Waals surface area contributed by atoms with Crippen LogP contribution in [0.25, 0.3) is 0 Å². The predicted octanol–water partition coefficient (Wildman–Crippen LogP) is 1.47. The summed E-state index contributed by atoms with van der Waals surface area (Å²) in [4.78, 5) is 13.5. The lowest BCUT2D eigenvalue weighted by Gasteiger charge is -2.11. The van der Waals surface area contributed by atoms with Gasteiger partial charge in [-0.15, -0.1) is 0 Å². The molecule has 1 aromatic carbocycles. The quantitative estimate of drug-likeness (QED) is 0.769. The van der Waals surface area contributed by atoms with Gasteiger partial charge in [-0.25, -0.2) is 0 Å². The van der Waals surface area contributed by atoms with Crippen molar-refractivity contribution in [3.8, 4) is 0 Å². The molecular weight excluding hydrogens is 226 g/mol. The first-order chi connectivity index (χ1) is 8.58. The number of amides is 1. The number of anilines is 1. The van der Waals surface area contributed by atoms with Crippen molar-refractivity contribution in [3.05, 3.63) is 29.8 Å². The average Bonchev–Trinajstić information content (AvgIpc) is 2.31. The lowest BCUT2D eigenvalue weighted by molar-refractivity contribution is -0.120. The third-order valence-corrected chi connectivity index (χ3v) is 2.61. The van der Waals surface area contributed by atoms with E-state index in [-0.39, 0.29) is 5.91 Å². The third kappa shape index (κ3) is 6.25. The Morgan fingerprint density at radius 1 is 1.17 bits per heavy atom. The van der Waals surface area contributed by atoms with Crippen molar-refractivity contribution >= 4 is 11.6 Å². The Kier molecular flexibility index (Phi) is 6.22. The highest BCUT2D eigenvalue weighted by Crippen LogP contribution is 2.07. The molecule has 2 N–H and O–H groups in total. The van der Waals surface area contributed by atoms with Gasteiger partial charge in [0.1, 0.15) is 0 Å². The first-order valence-electron chi connectivity index (χ1n) is 6.30. The highest BCUT2D eigenvalue weighted by Gasteiger charge is 2.00. The van der Waals surface area contributed by atoms with Crippen LogP contribution >= 0.6 is 0 Å². The van der Waals surface area contributed by atoms with Crippen LogP contribution in [0.4, 0.5) is 5.69 Å². The molecule has 0 saturated heterocycles. The number of likely N-dealkylation sites (N-methyl/N-ethyl adjacent to an activating group) is 1. The standard InChI is InChI=1S/C14H23N3O/c1-12-4-6-13(7-5-12)15-9-8-14(18)16-10-11-17(2)3/h4-7,15H,8-11H2,1-3H3,(H,16,18). The second-order valence-electron chi connectivity index (χ2n) is 4.70. The Morgan fingerprint density at radius 3 is 2.44 bits per heavy atom. The molecule has 0 unspecified atom stereocenters. The summed E-state index contributed by atoms with van der Waals surface area (Å²) in [6, 6.07) is 8.16. The Balaban J connectivity index is 2.13. The summed E-state index contributed by atoms with van der Waals surface area (Å²) in [5.41, 5.74) is 2.30. The van der Waals surface area contributed by atoms with Gasteiger partial charge in [0.25, 0.3) is 0 Å². The number of rotatable bonds is 7. The van der Waals surface area contributed by atoms with E-state index >= 15 is 0 Å². The average molecular weight is 249 g/mol. The van der Waals surface area contributed by atoms with Gasteiger partial charge in [-0.1, -0.05) is 17.7 Å². The van der Waals surface area contributed by atoms with E-state index in [4.69, 9.17) is 0 Å². The van der Waals surface area contributed by atoms with Crippen LogP contribution in [-0.4, -0.2) is 44.5 Å². The molecule has 0 fully saturated rings. The molecule has 0 bridgehead atoms. The molecular formula is C14H23N3O. The fraction of sp³-hybridized carbons (Fsp3) is 0.500. The van der Waals surface area contributed by atoms with E-state index in [2.05, 4.69) is 29.7 Å². The summed E-state index contributed by atoms with van der Waals surface area (Å²) in [5, 5.41) is 6.12. The van der Waals surface area contributed by atoms with E-state index in [0.29, 0.717) is 19.5 Å². The topological polar surface area (TPSA) is 44.4 Å². The minimum atomic E-state index is 0.0939. The lowest BCUT2D eigenvalue weighted by atomic mass is 10.2. The van der Waals surface area contributed by atoms with Crippen molar-refractivity contribution in [2.24, 2.45) is 0 Å². The van der Waals surface area contributed by atoms with E-state index in [9.17, 15) is 4.79 Å². The van der Waals surface area contributed by atoms with Crippen LogP contribution in [0.15, 0.2) is 24.3 Å². The van der Waals surface area contributed by atoms with Crippen LogP contribution in [-0.2, 0) is 4.79 Å². The van der Waals surface area contributed by atoms with Crippen LogP contribution in [0, 0.1) is 6.92 Å². The summed E-state index contributed by atoms with van der Waals surface area (Å²) in [7, 11) is 3.98. The molecule has 4 nitrogen and oxygen atoms in total. The zero-order valence-corrected chi connectivity index (χ0v) is 11.5. The molecule has 1 amide bonds. The smallest absolute Gasteiger partial charge is 0.221 e. The van der Waals surface area contributed by atoms with Crippen molar-refractivity contribution in [2.75, 3.05) is 39.0 Å². The summed E-state index contributed by atoms with van der Waals surface area (Å²) < 4.78 is 0. The Morgan fingerprint density at radius 2 is 1.83 bits per heavy atom. The maximum atomic E-state index is 11.5. The second-order valence-corrected chi connectivity index (χ2v) is 4.70. The highest BCUT2D eigenvalue weighted by atomic mass is 16.1. The fourth-order valence-corrected chi connectivity index (χ4v) is 1.50. The number of hydrogen-bond acceptors (Lipinski definition) is 3. The van der Waals surface area contributed by atoms with E-state index < -0.39 is 0 Å². The summed E-state index contributed by atoms with van der Waals surface area (Å²) in [6.45, 7) is 4.30. The first-order valence-corrected chi connectivity index (χ1v) is 6.30. The van der Waals surface area contributed by atoms with Crippen molar-refractivity contribution in [2.45, 2.75) is 13.3 Å². The SMILES string of the molecule is Cc1ccc(NCCC(=O)NCCN(C)C)cc1. The maximum Gasteiger partial charge on any atom is 0.221 e. The van der Waals surface area contributed by atoms with Crippen LogP contribution in [0.1, 0.15) is 12.0 Å². The summed E-state index contributed by atoms with van der Waals surface area (Å²) >= 11 is 0. The van der Waals surface area contributed by atoms with Gasteiger partial charge >= 0.3 is 0 Å². The summed E-state index contributed by atoms with van der Waals surface area (Å²) in [6.07, 6.45) is 0.501. The van der Waals surface area contributed by atoms with Gasteiger partial charge in [-0.2, -0.15) is 0 Å². The molecule has 4 heteroatoms. The fourth-order valence-electron chi connectivity index (χ4n) is 1.50. The third-order valence-electron chi connectivity index (χ3n) is 2.61. The molecule has 0 spiro atoms. The first kappa shape index (κ1) is 14.5. The number of benzene rings is 1. The number of nitrogens with one attached hydrogen (secondary N) is 2. The predicted molar refractivity (Wildman–Crippen MR) is 75.8 cm³/mol. The summed E-state index contributed by atoms with van der Waals surface area (Å²) in [5.74, 6) is 0.0939. The van der Waals surface area contributed by atoms with E-state index in [1.165, 1.54) is 5.56 Å². The largest absolute Gasteiger partial charge is 0.385 e. The van der Waals surface area contributed by atoms with Crippen molar-refractivity contribution in [1.82, 2.24) is 10.2 Å². The number of carbonyl (C=O) groups is 1. The van der Waals surface area contributed by atoms with Gasteiger partial charge in [-0.3, -0.25) is 4.79 Å². The molecule has 0 saturated carbocycles. The number of nitrogens with zero attached hydrogens (tertiary/aromatic N) is 1. The molecule has 18 heavy (non-hydrogen) atoms. The maximum absolute atomic E-state index is 11.5. The van der Waals surface area contributed by atoms with Crippen LogP contribution in [0.5, 0.6) is 0 Å². The molecule has 0 radical (unpaired) electrons. The Bertz CT molecular complexity index is 360. The van der Waals surface area contributed by atoms with Gasteiger partial charge < -0.3 is 15.5 Å². The molecule has 0 aliphatic carbocycles. The van der Waals surface area contributed by atoms with E-state index in [1.807, 2.05) is 31.1 Å². The van der Waals surface area contributed by atoms with Crippen LogP contribution in [0.2, 0.25) is 0 Å². The van der Waals surface area contributed by atoms with Gasteiger partial charge in [0.2, 0.25) is 5.91 Å². The molecule has 1 rings (SSSR count).